The molecule has 2 rings (SSSR count). The molecule has 1 heterocycles. The highest BCUT2D eigenvalue weighted by Crippen LogP contribution is 2.24. The maximum atomic E-state index is 12.1. The molecule has 7 heteroatoms. The number of aliphatic carboxylic acids is 1. The van der Waals surface area contributed by atoms with Gasteiger partial charge in [0.15, 0.2) is 5.76 Å². The lowest BCUT2D eigenvalue weighted by Gasteiger charge is -2.27. The Morgan fingerprint density at radius 3 is 2.50 bits per heavy atom. The predicted octanol–water partition coefficient (Wildman–Crippen LogP) is 1.16. The minimum atomic E-state index is -0.774. The van der Waals surface area contributed by atoms with Gasteiger partial charge in [-0.15, -0.1) is 0 Å². The van der Waals surface area contributed by atoms with Gasteiger partial charge in [-0.2, -0.15) is 0 Å². The number of nitrogens with one attached hydrogen (secondary N) is 2. The molecule has 7 nitrogen and oxygen atoms in total. The molecular weight excluding hydrogens is 288 g/mol. The van der Waals surface area contributed by atoms with Crippen LogP contribution in [-0.4, -0.2) is 35.0 Å². The Labute approximate surface area is 128 Å². The molecule has 1 unspecified atom stereocenters. The zero-order valence-electron chi connectivity index (χ0n) is 12.4. The molecule has 1 saturated carbocycles. The summed E-state index contributed by atoms with van der Waals surface area (Å²) >= 11 is 0. The molecule has 0 spiro atoms. The minimum absolute atomic E-state index is 0.0361. The van der Waals surface area contributed by atoms with E-state index >= 15 is 0 Å². The number of carbonyl (C=O) groups excluding carboxylic acids is 2. The number of amides is 2. The van der Waals surface area contributed by atoms with Gasteiger partial charge >= 0.3 is 5.97 Å². The Morgan fingerprint density at radius 2 is 1.95 bits per heavy atom. The van der Waals surface area contributed by atoms with E-state index in [4.69, 9.17) is 9.52 Å². The normalized spacial score (nSPS) is 22.6. The summed E-state index contributed by atoms with van der Waals surface area (Å²) in [5, 5.41) is 14.4. The lowest BCUT2D eigenvalue weighted by Crippen LogP contribution is -2.49. The van der Waals surface area contributed by atoms with Crippen molar-refractivity contribution in [3.63, 3.8) is 0 Å². The van der Waals surface area contributed by atoms with Gasteiger partial charge in [0.05, 0.1) is 12.2 Å². The zero-order chi connectivity index (χ0) is 16.1. The number of carbonyl (C=O) groups is 3. The number of hydrogen-bond donors (Lipinski definition) is 3. The molecule has 0 saturated heterocycles. The summed E-state index contributed by atoms with van der Waals surface area (Å²) in [5.74, 6) is -1.66. The van der Waals surface area contributed by atoms with Crippen LogP contribution in [0.1, 0.15) is 43.2 Å². The fraction of sp³-hybridized carbons (Fsp3) is 0.533. The number of carboxylic acid groups (broad SMARTS) is 1. The highest BCUT2D eigenvalue weighted by Gasteiger charge is 2.28. The first kappa shape index (κ1) is 16.1. The van der Waals surface area contributed by atoms with Crippen LogP contribution in [0.25, 0.3) is 0 Å². The van der Waals surface area contributed by atoms with Crippen molar-refractivity contribution >= 4 is 17.8 Å². The SMILES string of the molecule is CC(NC(=O)c1ccco1)C(=O)NC1CCC(C(=O)O)CC1. The molecule has 0 radical (unpaired) electrons. The van der Waals surface area contributed by atoms with Crippen LogP contribution < -0.4 is 10.6 Å². The van der Waals surface area contributed by atoms with E-state index in [1.54, 1.807) is 13.0 Å². The van der Waals surface area contributed by atoms with Gasteiger partial charge in [0.25, 0.3) is 5.91 Å². The largest absolute Gasteiger partial charge is 0.481 e. The molecule has 1 fully saturated rings. The molecule has 22 heavy (non-hydrogen) atoms. The van der Waals surface area contributed by atoms with Gasteiger partial charge in [-0.25, -0.2) is 0 Å². The molecule has 1 aliphatic carbocycles. The van der Waals surface area contributed by atoms with E-state index in [0.717, 1.165) is 0 Å². The standard InChI is InChI=1S/C15H20N2O5/c1-9(16-14(19)12-3-2-8-22-12)13(18)17-11-6-4-10(5-7-11)15(20)21/h2-3,8-11H,4-7H2,1H3,(H,16,19)(H,17,18)(H,20,21). The molecule has 0 aliphatic heterocycles. The van der Waals surface area contributed by atoms with Crippen LogP contribution in [0.15, 0.2) is 22.8 Å². The highest BCUT2D eigenvalue weighted by molar-refractivity contribution is 5.95. The summed E-state index contributed by atoms with van der Waals surface area (Å²) in [4.78, 5) is 34.7. The van der Waals surface area contributed by atoms with E-state index < -0.39 is 17.9 Å². The third-order valence-electron chi connectivity index (χ3n) is 3.91. The average molecular weight is 308 g/mol. The lowest BCUT2D eigenvalue weighted by atomic mass is 9.86. The lowest BCUT2D eigenvalue weighted by molar-refractivity contribution is -0.142. The summed E-state index contributed by atoms with van der Waals surface area (Å²) in [6, 6.07) is 2.40. The summed E-state index contributed by atoms with van der Waals surface area (Å²) in [6.45, 7) is 1.60. The summed E-state index contributed by atoms with van der Waals surface area (Å²) in [7, 11) is 0. The van der Waals surface area contributed by atoms with Gasteiger partial charge in [0.2, 0.25) is 5.91 Å². The van der Waals surface area contributed by atoms with Gasteiger partial charge in [0.1, 0.15) is 6.04 Å². The second kappa shape index (κ2) is 7.11. The van der Waals surface area contributed by atoms with Gasteiger partial charge in [0, 0.05) is 6.04 Å². The first-order valence-electron chi connectivity index (χ1n) is 7.35. The van der Waals surface area contributed by atoms with Crippen molar-refractivity contribution < 1.29 is 23.9 Å². The molecule has 1 aromatic rings. The smallest absolute Gasteiger partial charge is 0.306 e. The third-order valence-corrected chi connectivity index (χ3v) is 3.91. The fourth-order valence-electron chi connectivity index (χ4n) is 2.55. The van der Waals surface area contributed by atoms with Crippen LogP contribution in [0, 0.1) is 5.92 Å². The molecule has 120 valence electrons. The second-order valence-corrected chi connectivity index (χ2v) is 5.57. The first-order chi connectivity index (χ1) is 10.5. The Kier molecular flexibility index (Phi) is 5.19. The number of hydrogen-bond acceptors (Lipinski definition) is 4. The summed E-state index contributed by atoms with van der Waals surface area (Å²) in [6.07, 6.45) is 3.80. The van der Waals surface area contributed by atoms with Gasteiger partial charge < -0.3 is 20.2 Å². The molecule has 3 N–H and O–H groups in total. The highest BCUT2D eigenvalue weighted by atomic mass is 16.4. The van der Waals surface area contributed by atoms with E-state index in [9.17, 15) is 14.4 Å². The Balaban J connectivity index is 1.77. The molecule has 0 bridgehead atoms. The van der Waals surface area contributed by atoms with Crippen molar-refractivity contribution in [2.45, 2.75) is 44.7 Å². The number of rotatable bonds is 5. The first-order valence-corrected chi connectivity index (χ1v) is 7.35. The summed E-state index contributed by atoms with van der Waals surface area (Å²) in [5.41, 5.74) is 0. The number of furan rings is 1. The molecular formula is C15H20N2O5. The van der Waals surface area contributed by atoms with Crippen molar-refractivity contribution in [2.24, 2.45) is 5.92 Å². The predicted molar refractivity (Wildman–Crippen MR) is 77.2 cm³/mol. The van der Waals surface area contributed by atoms with E-state index in [0.29, 0.717) is 25.7 Å². The van der Waals surface area contributed by atoms with Crippen LogP contribution in [-0.2, 0) is 9.59 Å². The van der Waals surface area contributed by atoms with Crippen molar-refractivity contribution in [2.75, 3.05) is 0 Å². The van der Waals surface area contributed by atoms with Crippen LogP contribution in [0.3, 0.4) is 0 Å². The molecule has 2 amide bonds. The third kappa shape index (κ3) is 4.09. The van der Waals surface area contributed by atoms with Crippen molar-refractivity contribution in [1.29, 1.82) is 0 Å². The Hall–Kier alpha value is -2.31. The van der Waals surface area contributed by atoms with E-state index in [2.05, 4.69) is 10.6 Å². The maximum Gasteiger partial charge on any atom is 0.306 e. The molecule has 0 aromatic carbocycles. The summed E-state index contributed by atoms with van der Waals surface area (Å²) < 4.78 is 4.96. The van der Waals surface area contributed by atoms with Crippen LogP contribution in [0.2, 0.25) is 0 Å². The monoisotopic (exact) mass is 308 g/mol. The van der Waals surface area contributed by atoms with Gasteiger partial charge in [-0.05, 0) is 44.7 Å². The average Bonchev–Trinajstić information content (AvgIpc) is 3.02. The molecule has 1 aromatic heterocycles. The maximum absolute atomic E-state index is 12.1. The zero-order valence-corrected chi connectivity index (χ0v) is 12.4. The van der Waals surface area contributed by atoms with Crippen molar-refractivity contribution in [3.8, 4) is 0 Å². The molecule has 1 atom stereocenters. The number of carboxylic acids is 1. The molecule has 1 aliphatic rings. The minimum Gasteiger partial charge on any atom is -0.481 e. The van der Waals surface area contributed by atoms with Crippen LogP contribution in [0.4, 0.5) is 0 Å². The van der Waals surface area contributed by atoms with E-state index in [1.165, 1.54) is 12.3 Å². The Bertz CT molecular complexity index is 532. The van der Waals surface area contributed by atoms with E-state index in [-0.39, 0.29) is 23.6 Å². The van der Waals surface area contributed by atoms with Crippen molar-refractivity contribution in [3.05, 3.63) is 24.2 Å². The topological polar surface area (TPSA) is 109 Å². The van der Waals surface area contributed by atoms with E-state index in [1.807, 2.05) is 0 Å². The van der Waals surface area contributed by atoms with Crippen LogP contribution >= 0.6 is 0 Å². The fourth-order valence-corrected chi connectivity index (χ4v) is 2.55. The van der Waals surface area contributed by atoms with Gasteiger partial charge in [-0.1, -0.05) is 0 Å². The van der Waals surface area contributed by atoms with Gasteiger partial charge in [-0.3, -0.25) is 14.4 Å². The quantitative estimate of drug-likeness (QED) is 0.756. The van der Waals surface area contributed by atoms with Crippen molar-refractivity contribution in [1.82, 2.24) is 10.6 Å². The second-order valence-electron chi connectivity index (χ2n) is 5.57. The Morgan fingerprint density at radius 1 is 1.27 bits per heavy atom. The van der Waals surface area contributed by atoms with Crippen LogP contribution in [0.5, 0.6) is 0 Å².